The van der Waals surface area contributed by atoms with Crippen molar-refractivity contribution in [1.29, 1.82) is 5.26 Å². The van der Waals surface area contributed by atoms with Gasteiger partial charge in [-0.2, -0.15) is 5.26 Å². The highest BCUT2D eigenvalue weighted by Crippen LogP contribution is 2.25. The fourth-order valence-corrected chi connectivity index (χ4v) is 2.88. The second kappa shape index (κ2) is 8.07. The van der Waals surface area contributed by atoms with Crippen LogP contribution < -0.4 is 11.1 Å². The predicted molar refractivity (Wildman–Crippen MR) is 106 cm³/mol. The number of rotatable bonds is 5. The molecule has 0 atom stereocenters. The van der Waals surface area contributed by atoms with Crippen molar-refractivity contribution in [2.24, 2.45) is 0 Å². The van der Waals surface area contributed by atoms with Gasteiger partial charge in [0.2, 0.25) is 0 Å². The minimum absolute atomic E-state index is 0.333. The topological polar surface area (TPSA) is 88.1 Å². The number of hydrogen-bond donors (Lipinski definition) is 2. The van der Waals surface area contributed by atoms with Crippen LogP contribution in [0.3, 0.4) is 0 Å². The molecule has 0 heterocycles. The Labute approximate surface area is 158 Å². The molecule has 0 radical (unpaired) electrons. The predicted octanol–water partition coefficient (Wildman–Crippen LogP) is 4.21. The van der Waals surface area contributed by atoms with Crippen molar-refractivity contribution in [3.63, 3.8) is 0 Å². The molecule has 3 rings (SSSR count). The first-order chi connectivity index (χ1) is 13.1. The molecule has 0 aliphatic heterocycles. The second-order valence-corrected chi connectivity index (χ2v) is 5.97. The van der Waals surface area contributed by atoms with Crippen LogP contribution in [0, 0.1) is 11.3 Å². The number of nitrogens with zero attached hydrogens (tertiary/aromatic N) is 1. The number of anilines is 2. The smallest absolute Gasteiger partial charge is 0.342 e. The Morgan fingerprint density at radius 3 is 2.52 bits per heavy atom. The van der Waals surface area contributed by atoms with E-state index in [1.54, 1.807) is 24.3 Å². The molecule has 27 heavy (non-hydrogen) atoms. The van der Waals surface area contributed by atoms with Gasteiger partial charge in [0.15, 0.2) is 0 Å². The summed E-state index contributed by atoms with van der Waals surface area (Å²) in [6.45, 7) is 0.521. The van der Waals surface area contributed by atoms with E-state index in [-0.39, 0.29) is 0 Å². The van der Waals surface area contributed by atoms with E-state index in [9.17, 15) is 10.1 Å². The molecule has 3 aromatic rings. The lowest BCUT2D eigenvalue weighted by molar-refractivity contribution is 0.0603. The summed E-state index contributed by atoms with van der Waals surface area (Å²) >= 11 is 0. The highest BCUT2D eigenvalue weighted by atomic mass is 16.5. The Hall–Kier alpha value is -3.78. The molecule has 0 aromatic heterocycles. The number of carbonyl (C=O) groups is 1. The molecule has 5 nitrogen and oxygen atoms in total. The van der Waals surface area contributed by atoms with Crippen LogP contribution >= 0.6 is 0 Å². The fraction of sp³-hybridized carbons (Fsp3) is 0.0909. The maximum Gasteiger partial charge on any atom is 0.342 e. The molecule has 3 N–H and O–H groups in total. The van der Waals surface area contributed by atoms with Gasteiger partial charge in [-0.1, -0.05) is 48.5 Å². The Morgan fingerprint density at radius 1 is 1.07 bits per heavy atom. The highest BCUT2D eigenvalue weighted by molar-refractivity contribution is 6.01. The fourth-order valence-electron chi connectivity index (χ4n) is 2.88. The number of benzene rings is 3. The lowest BCUT2D eigenvalue weighted by Gasteiger charge is -2.13. The van der Waals surface area contributed by atoms with E-state index in [2.05, 4.69) is 11.4 Å². The Kier molecular flexibility index (Phi) is 5.38. The molecule has 0 saturated carbocycles. The summed E-state index contributed by atoms with van der Waals surface area (Å²) in [4.78, 5) is 12.0. The minimum atomic E-state index is -0.473. The van der Waals surface area contributed by atoms with E-state index in [1.807, 2.05) is 42.5 Å². The number of esters is 1. The Balaban J connectivity index is 1.78. The van der Waals surface area contributed by atoms with Gasteiger partial charge in [0, 0.05) is 12.2 Å². The Morgan fingerprint density at radius 2 is 1.81 bits per heavy atom. The quantitative estimate of drug-likeness (QED) is 0.527. The average molecular weight is 357 g/mol. The normalized spacial score (nSPS) is 10.1. The van der Waals surface area contributed by atoms with Gasteiger partial charge in [-0.3, -0.25) is 0 Å². The largest absolute Gasteiger partial charge is 0.465 e. The summed E-state index contributed by atoms with van der Waals surface area (Å²) in [6, 6.07) is 22.9. The second-order valence-electron chi connectivity index (χ2n) is 5.97. The van der Waals surface area contributed by atoms with Gasteiger partial charge in [0.05, 0.1) is 24.4 Å². The van der Waals surface area contributed by atoms with Gasteiger partial charge < -0.3 is 15.8 Å². The molecule has 3 aromatic carbocycles. The molecule has 0 aliphatic rings. The number of nitrogens with one attached hydrogen (secondary N) is 1. The molecule has 134 valence electrons. The van der Waals surface area contributed by atoms with E-state index in [0.717, 1.165) is 16.7 Å². The third-order valence-corrected chi connectivity index (χ3v) is 4.28. The lowest BCUT2D eigenvalue weighted by Crippen LogP contribution is -2.11. The van der Waals surface area contributed by atoms with Gasteiger partial charge in [0.25, 0.3) is 0 Å². The van der Waals surface area contributed by atoms with Crippen LogP contribution in [-0.4, -0.2) is 13.1 Å². The summed E-state index contributed by atoms with van der Waals surface area (Å²) < 4.78 is 4.81. The zero-order valence-electron chi connectivity index (χ0n) is 14.9. The molecule has 0 fully saturated rings. The standard InChI is InChI=1S/C22H19N3O2/c1-27-22(26)21-19(24)7-4-8-20(21)25-14-15-9-11-16(12-10-15)18-6-3-2-5-17(18)13-23/h2-12,25H,14,24H2,1H3. The van der Waals surface area contributed by atoms with Crippen molar-refractivity contribution >= 4 is 17.3 Å². The summed E-state index contributed by atoms with van der Waals surface area (Å²) in [5.41, 5.74) is 10.8. The van der Waals surface area contributed by atoms with Crippen LogP contribution in [0.25, 0.3) is 11.1 Å². The van der Waals surface area contributed by atoms with E-state index >= 15 is 0 Å². The lowest BCUT2D eigenvalue weighted by atomic mass is 9.99. The van der Waals surface area contributed by atoms with Crippen molar-refractivity contribution in [2.45, 2.75) is 6.54 Å². The highest BCUT2D eigenvalue weighted by Gasteiger charge is 2.15. The van der Waals surface area contributed by atoms with Gasteiger partial charge in [0.1, 0.15) is 5.56 Å². The van der Waals surface area contributed by atoms with E-state index < -0.39 is 5.97 Å². The van der Waals surface area contributed by atoms with Crippen molar-refractivity contribution in [3.05, 3.63) is 83.4 Å². The summed E-state index contributed by atoms with van der Waals surface area (Å²) in [5.74, 6) is -0.473. The first kappa shape index (κ1) is 18.0. The van der Waals surface area contributed by atoms with Crippen LogP contribution in [0.15, 0.2) is 66.7 Å². The van der Waals surface area contributed by atoms with Crippen LogP contribution in [0.5, 0.6) is 0 Å². The monoisotopic (exact) mass is 357 g/mol. The maximum absolute atomic E-state index is 12.0. The molecule has 0 unspecified atom stereocenters. The summed E-state index contributed by atoms with van der Waals surface area (Å²) in [7, 11) is 1.33. The number of ether oxygens (including phenoxy) is 1. The van der Waals surface area contributed by atoms with Crippen molar-refractivity contribution in [1.82, 2.24) is 0 Å². The third-order valence-electron chi connectivity index (χ3n) is 4.28. The number of nitrogens with two attached hydrogens (primary N) is 1. The summed E-state index contributed by atoms with van der Waals surface area (Å²) in [5, 5.41) is 12.5. The van der Waals surface area contributed by atoms with E-state index in [0.29, 0.717) is 29.0 Å². The Bertz CT molecular complexity index is 1000. The number of methoxy groups -OCH3 is 1. The molecular formula is C22H19N3O2. The van der Waals surface area contributed by atoms with Gasteiger partial charge in [-0.25, -0.2) is 4.79 Å². The first-order valence-corrected chi connectivity index (χ1v) is 8.43. The number of nitrogen functional groups attached to an aromatic ring is 1. The third kappa shape index (κ3) is 3.91. The molecule has 5 heteroatoms. The molecular weight excluding hydrogens is 338 g/mol. The molecule has 0 bridgehead atoms. The van der Waals surface area contributed by atoms with Gasteiger partial charge in [-0.15, -0.1) is 0 Å². The number of carbonyl (C=O) groups excluding carboxylic acids is 1. The molecule has 0 aliphatic carbocycles. The molecule has 0 spiro atoms. The summed E-state index contributed by atoms with van der Waals surface area (Å²) in [6.07, 6.45) is 0. The van der Waals surface area contributed by atoms with Crippen LogP contribution in [0.4, 0.5) is 11.4 Å². The minimum Gasteiger partial charge on any atom is -0.465 e. The van der Waals surface area contributed by atoms with Crippen molar-refractivity contribution in [3.8, 4) is 17.2 Å². The zero-order valence-corrected chi connectivity index (χ0v) is 14.9. The zero-order chi connectivity index (χ0) is 19.2. The first-order valence-electron chi connectivity index (χ1n) is 8.43. The molecule has 0 amide bonds. The van der Waals surface area contributed by atoms with Crippen molar-refractivity contribution < 1.29 is 9.53 Å². The molecule has 0 saturated heterocycles. The van der Waals surface area contributed by atoms with Crippen LogP contribution in [0.1, 0.15) is 21.5 Å². The maximum atomic E-state index is 12.0. The van der Waals surface area contributed by atoms with Crippen LogP contribution in [0.2, 0.25) is 0 Å². The van der Waals surface area contributed by atoms with Crippen LogP contribution in [-0.2, 0) is 11.3 Å². The number of nitriles is 1. The van der Waals surface area contributed by atoms with E-state index in [4.69, 9.17) is 10.5 Å². The van der Waals surface area contributed by atoms with Crippen molar-refractivity contribution in [2.75, 3.05) is 18.2 Å². The average Bonchev–Trinajstić information content (AvgIpc) is 2.72. The number of hydrogen-bond acceptors (Lipinski definition) is 5. The van der Waals surface area contributed by atoms with Gasteiger partial charge >= 0.3 is 5.97 Å². The van der Waals surface area contributed by atoms with Gasteiger partial charge in [-0.05, 0) is 34.9 Å². The van der Waals surface area contributed by atoms with E-state index in [1.165, 1.54) is 7.11 Å². The SMILES string of the molecule is COC(=O)c1c(N)cccc1NCc1ccc(-c2ccccc2C#N)cc1.